The molecule has 8 nitrogen and oxygen atoms in total. The molecule has 1 aliphatic carbocycles. The van der Waals surface area contributed by atoms with Gasteiger partial charge in [0.1, 0.15) is 17.6 Å². The number of furan rings is 2. The molecule has 8 heteroatoms. The molecule has 2 atom stereocenters. The van der Waals surface area contributed by atoms with Gasteiger partial charge in [-0.25, -0.2) is 9.80 Å². The van der Waals surface area contributed by atoms with Gasteiger partial charge in [0.25, 0.3) is 5.91 Å². The van der Waals surface area contributed by atoms with Crippen molar-refractivity contribution in [3.05, 3.63) is 83.7 Å². The molecule has 2 aliphatic rings. The SMILES string of the molecule is Nc1ccc(C(=O)OCC(=O)N2N=C3/C(=C\c4ccco4)CCCC3C2c2ccco2)cc1. The number of ether oxygens (including phenoxy) is 1. The molecule has 5 rings (SSSR count). The summed E-state index contributed by atoms with van der Waals surface area (Å²) in [5.74, 6) is 0.365. The predicted molar refractivity (Wildman–Crippen MR) is 121 cm³/mol. The highest BCUT2D eigenvalue weighted by Gasteiger charge is 2.45. The lowest BCUT2D eigenvalue weighted by Gasteiger charge is -2.27. The van der Waals surface area contributed by atoms with Crippen LogP contribution >= 0.6 is 0 Å². The molecule has 0 radical (unpaired) electrons. The Morgan fingerprint density at radius 3 is 2.64 bits per heavy atom. The Morgan fingerprint density at radius 2 is 1.91 bits per heavy atom. The summed E-state index contributed by atoms with van der Waals surface area (Å²) in [6, 6.07) is 13.3. The number of nitrogen functional groups attached to an aromatic ring is 1. The number of allylic oxidation sites excluding steroid dienone is 1. The molecule has 1 fully saturated rings. The van der Waals surface area contributed by atoms with Crippen LogP contribution < -0.4 is 5.73 Å². The summed E-state index contributed by atoms with van der Waals surface area (Å²) < 4.78 is 16.4. The summed E-state index contributed by atoms with van der Waals surface area (Å²) in [5.41, 5.74) is 8.40. The quantitative estimate of drug-likeness (QED) is 0.459. The lowest BCUT2D eigenvalue weighted by atomic mass is 9.79. The first-order valence-electron chi connectivity index (χ1n) is 10.8. The van der Waals surface area contributed by atoms with Gasteiger partial charge in [0, 0.05) is 11.6 Å². The number of hydrazone groups is 1. The van der Waals surface area contributed by atoms with Crippen molar-refractivity contribution < 1.29 is 23.2 Å². The van der Waals surface area contributed by atoms with Crippen LogP contribution in [0.1, 0.15) is 47.2 Å². The Labute approximate surface area is 190 Å². The van der Waals surface area contributed by atoms with Gasteiger partial charge in [0.15, 0.2) is 6.61 Å². The number of hydrogen-bond acceptors (Lipinski definition) is 7. The van der Waals surface area contributed by atoms with Gasteiger partial charge in [-0.2, -0.15) is 5.10 Å². The predicted octanol–water partition coefficient (Wildman–Crippen LogP) is 4.43. The molecule has 2 aromatic heterocycles. The number of amides is 1. The van der Waals surface area contributed by atoms with Crippen molar-refractivity contribution in [3.63, 3.8) is 0 Å². The smallest absolute Gasteiger partial charge is 0.338 e. The van der Waals surface area contributed by atoms with Gasteiger partial charge in [0.2, 0.25) is 0 Å². The van der Waals surface area contributed by atoms with Crippen molar-refractivity contribution in [2.24, 2.45) is 11.0 Å². The van der Waals surface area contributed by atoms with Crippen molar-refractivity contribution in [2.75, 3.05) is 12.3 Å². The highest BCUT2D eigenvalue weighted by Crippen LogP contribution is 2.44. The molecule has 2 unspecified atom stereocenters. The van der Waals surface area contributed by atoms with E-state index in [0.29, 0.717) is 17.0 Å². The van der Waals surface area contributed by atoms with Gasteiger partial charge in [-0.1, -0.05) is 0 Å². The Bertz CT molecular complexity index is 1190. The fraction of sp³-hybridized carbons (Fsp3) is 0.240. The van der Waals surface area contributed by atoms with Crippen molar-refractivity contribution in [2.45, 2.75) is 25.3 Å². The van der Waals surface area contributed by atoms with E-state index in [0.717, 1.165) is 36.3 Å². The van der Waals surface area contributed by atoms with Crippen LogP contribution in [0, 0.1) is 5.92 Å². The van der Waals surface area contributed by atoms with Gasteiger partial charge in [-0.05, 0) is 79.4 Å². The zero-order valence-electron chi connectivity index (χ0n) is 17.8. The average molecular weight is 445 g/mol. The van der Waals surface area contributed by atoms with E-state index in [9.17, 15) is 9.59 Å². The first kappa shape index (κ1) is 20.8. The Balaban J connectivity index is 1.39. The number of rotatable bonds is 5. The lowest BCUT2D eigenvalue weighted by molar-refractivity contribution is -0.137. The van der Waals surface area contributed by atoms with Gasteiger partial charge >= 0.3 is 5.97 Å². The highest BCUT2D eigenvalue weighted by atomic mass is 16.5. The third kappa shape index (κ3) is 4.19. The Morgan fingerprint density at radius 1 is 1.12 bits per heavy atom. The van der Waals surface area contributed by atoms with E-state index >= 15 is 0 Å². The number of nitrogens with two attached hydrogens (primary N) is 1. The maximum Gasteiger partial charge on any atom is 0.338 e. The monoisotopic (exact) mass is 445 g/mol. The maximum absolute atomic E-state index is 13.1. The average Bonchev–Trinajstić information content (AvgIpc) is 3.58. The molecule has 1 aliphatic heterocycles. The van der Waals surface area contributed by atoms with E-state index in [1.54, 1.807) is 42.9 Å². The van der Waals surface area contributed by atoms with Crippen LogP contribution in [0.25, 0.3) is 6.08 Å². The molecule has 1 amide bonds. The van der Waals surface area contributed by atoms with Crippen molar-refractivity contribution in [1.29, 1.82) is 0 Å². The summed E-state index contributed by atoms with van der Waals surface area (Å²) in [4.78, 5) is 25.5. The second-order valence-electron chi connectivity index (χ2n) is 8.07. The van der Waals surface area contributed by atoms with Crippen LogP contribution in [-0.2, 0) is 9.53 Å². The molecule has 33 heavy (non-hydrogen) atoms. The van der Waals surface area contributed by atoms with Gasteiger partial charge in [-0.15, -0.1) is 0 Å². The van der Waals surface area contributed by atoms with Crippen LogP contribution in [0.15, 0.2) is 80.6 Å². The molecule has 3 heterocycles. The Hall–Kier alpha value is -4.07. The molecular weight excluding hydrogens is 422 g/mol. The molecule has 1 aromatic carbocycles. The fourth-order valence-electron chi connectivity index (χ4n) is 4.39. The van der Waals surface area contributed by atoms with Crippen LogP contribution in [0.5, 0.6) is 0 Å². The first-order chi connectivity index (χ1) is 16.1. The zero-order chi connectivity index (χ0) is 22.8. The number of carbonyl (C=O) groups excluding carboxylic acids is 2. The summed E-state index contributed by atoms with van der Waals surface area (Å²) in [5, 5.41) is 6.09. The fourth-order valence-corrected chi connectivity index (χ4v) is 4.39. The minimum atomic E-state index is -0.597. The molecule has 0 bridgehead atoms. The largest absolute Gasteiger partial charge is 0.467 e. The van der Waals surface area contributed by atoms with Gasteiger partial charge in [-0.3, -0.25) is 4.79 Å². The Kier molecular flexibility index (Phi) is 5.56. The summed E-state index contributed by atoms with van der Waals surface area (Å²) in [7, 11) is 0. The van der Waals surface area contributed by atoms with Crippen molar-refractivity contribution in [3.8, 4) is 0 Å². The van der Waals surface area contributed by atoms with Crippen LogP contribution in [-0.4, -0.2) is 29.2 Å². The summed E-state index contributed by atoms with van der Waals surface area (Å²) in [6.45, 7) is -0.429. The molecule has 2 N–H and O–H groups in total. The summed E-state index contributed by atoms with van der Waals surface area (Å²) >= 11 is 0. The maximum atomic E-state index is 13.1. The van der Waals surface area contributed by atoms with E-state index in [2.05, 4.69) is 0 Å². The van der Waals surface area contributed by atoms with E-state index in [1.165, 1.54) is 5.01 Å². The van der Waals surface area contributed by atoms with E-state index in [4.69, 9.17) is 24.4 Å². The minimum absolute atomic E-state index is 0.0112. The number of hydrogen-bond donors (Lipinski definition) is 1. The number of carbonyl (C=O) groups is 2. The highest BCUT2D eigenvalue weighted by molar-refractivity contribution is 6.08. The number of anilines is 1. The molecule has 0 spiro atoms. The van der Waals surface area contributed by atoms with Crippen molar-refractivity contribution in [1.82, 2.24) is 5.01 Å². The lowest BCUT2D eigenvalue weighted by Crippen LogP contribution is -2.34. The number of fused-ring (bicyclic) bond motifs is 1. The minimum Gasteiger partial charge on any atom is -0.467 e. The molecule has 0 saturated heterocycles. The molecule has 168 valence electrons. The third-order valence-electron chi connectivity index (χ3n) is 5.92. The van der Waals surface area contributed by atoms with Crippen LogP contribution in [0.4, 0.5) is 5.69 Å². The molecular formula is C25H23N3O5. The zero-order valence-corrected chi connectivity index (χ0v) is 17.8. The molecule has 3 aromatic rings. The molecule has 1 saturated carbocycles. The second-order valence-corrected chi connectivity index (χ2v) is 8.07. The topological polar surface area (TPSA) is 111 Å². The van der Waals surface area contributed by atoms with E-state index in [1.807, 2.05) is 24.3 Å². The second kappa shape index (κ2) is 8.82. The van der Waals surface area contributed by atoms with Gasteiger partial charge < -0.3 is 19.3 Å². The van der Waals surface area contributed by atoms with Crippen LogP contribution in [0.3, 0.4) is 0 Å². The van der Waals surface area contributed by atoms with E-state index in [-0.39, 0.29) is 5.92 Å². The number of nitrogens with zero attached hydrogens (tertiary/aromatic N) is 2. The van der Waals surface area contributed by atoms with Gasteiger partial charge in [0.05, 0.1) is 23.8 Å². The van der Waals surface area contributed by atoms with E-state index < -0.39 is 24.5 Å². The summed E-state index contributed by atoms with van der Waals surface area (Å²) in [6.07, 6.45) is 7.85. The third-order valence-corrected chi connectivity index (χ3v) is 5.92. The number of esters is 1. The first-order valence-corrected chi connectivity index (χ1v) is 10.8. The number of benzene rings is 1. The van der Waals surface area contributed by atoms with Crippen LogP contribution in [0.2, 0.25) is 0 Å². The van der Waals surface area contributed by atoms with Crippen molar-refractivity contribution >= 4 is 29.4 Å². The normalized spacial score (nSPS) is 21.0. The standard InChI is InChI=1S/C25H23N3O5/c26-18-10-8-16(9-11-18)25(30)33-15-22(29)28-24(21-7-3-13-32-21)20-6-1-4-17(23(20)27-28)14-19-5-2-12-31-19/h2-3,5,7-14,20,24H,1,4,6,15,26H2/b17-14-.